The van der Waals surface area contributed by atoms with Gasteiger partial charge in [-0.1, -0.05) is 83.9 Å². The third-order valence-electron chi connectivity index (χ3n) is 6.95. The number of hydrogen-bond acceptors (Lipinski definition) is 5. The highest BCUT2D eigenvalue weighted by molar-refractivity contribution is 6.31. The average molecular weight is 518 g/mol. The molecule has 1 atom stereocenters. The first-order valence-electron chi connectivity index (χ1n) is 12.7. The Hall–Kier alpha value is -4.22. The van der Waals surface area contributed by atoms with Gasteiger partial charge in [-0.05, 0) is 48.4 Å². The van der Waals surface area contributed by atoms with E-state index in [-0.39, 0.29) is 6.04 Å². The van der Waals surface area contributed by atoms with Gasteiger partial charge in [-0.3, -0.25) is 0 Å². The van der Waals surface area contributed by atoms with E-state index in [0.717, 1.165) is 45.5 Å². The second kappa shape index (κ2) is 9.92. The zero-order valence-electron chi connectivity index (χ0n) is 21.6. The molecule has 1 aromatic heterocycles. The maximum absolute atomic E-state index is 6.39. The quantitative estimate of drug-likeness (QED) is 0.240. The zero-order chi connectivity index (χ0) is 26.2. The Morgan fingerprint density at radius 1 is 0.816 bits per heavy atom. The van der Waals surface area contributed by atoms with E-state index < -0.39 is 0 Å². The summed E-state index contributed by atoms with van der Waals surface area (Å²) in [5, 5.41) is 8.70. The first-order valence-corrected chi connectivity index (χ1v) is 13.1. The highest BCUT2D eigenvalue weighted by atomic mass is 35.5. The van der Waals surface area contributed by atoms with Crippen LogP contribution in [0.3, 0.4) is 0 Å². The highest BCUT2D eigenvalue weighted by Gasteiger charge is 2.32. The van der Waals surface area contributed by atoms with Gasteiger partial charge in [0.05, 0.1) is 23.0 Å². The predicted molar refractivity (Wildman–Crippen MR) is 158 cm³/mol. The molecule has 0 N–H and O–H groups in total. The second-order valence-corrected chi connectivity index (χ2v) is 10.3. The Kier molecular flexibility index (Phi) is 6.30. The minimum Gasteiger partial charge on any atom is -0.378 e. The van der Waals surface area contributed by atoms with Crippen LogP contribution in [0.4, 0.5) is 11.6 Å². The molecule has 6 heteroatoms. The summed E-state index contributed by atoms with van der Waals surface area (Å²) in [7, 11) is 4.10. The third-order valence-corrected chi connectivity index (χ3v) is 7.19. The van der Waals surface area contributed by atoms with Crippen LogP contribution in [0.2, 0.25) is 5.02 Å². The summed E-state index contributed by atoms with van der Waals surface area (Å²) < 4.78 is 0. The number of hydrazone groups is 1. The number of rotatable bonds is 5. The van der Waals surface area contributed by atoms with Gasteiger partial charge in [0.2, 0.25) is 5.95 Å². The summed E-state index contributed by atoms with van der Waals surface area (Å²) in [6.45, 7) is 2.11. The van der Waals surface area contributed by atoms with Crippen molar-refractivity contribution in [3.63, 3.8) is 0 Å². The molecule has 0 fully saturated rings. The van der Waals surface area contributed by atoms with Gasteiger partial charge in [0.25, 0.3) is 0 Å². The van der Waals surface area contributed by atoms with Gasteiger partial charge in [0.1, 0.15) is 0 Å². The largest absolute Gasteiger partial charge is 0.378 e. The molecule has 5 nitrogen and oxygen atoms in total. The second-order valence-electron chi connectivity index (χ2n) is 9.87. The molecule has 0 aliphatic carbocycles. The molecule has 1 aliphatic rings. The summed E-state index contributed by atoms with van der Waals surface area (Å²) in [5.41, 5.74) is 8.37. The van der Waals surface area contributed by atoms with E-state index in [1.54, 1.807) is 0 Å². The number of aryl methyl sites for hydroxylation is 1. The fraction of sp³-hybridized carbons (Fsp3) is 0.156. The van der Waals surface area contributed by atoms with Crippen LogP contribution < -0.4 is 9.91 Å². The van der Waals surface area contributed by atoms with Gasteiger partial charge in [-0.25, -0.2) is 15.0 Å². The molecule has 5 aromatic rings. The minimum absolute atomic E-state index is 0.0323. The number of halogens is 1. The molecule has 0 unspecified atom stereocenters. The summed E-state index contributed by atoms with van der Waals surface area (Å²) in [6, 6.07) is 33.1. The van der Waals surface area contributed by atoms with Crippen molar-refractivity contribution in [3.05, 3.63) is 119 Å². The van der Waals surface area contributed by atoms with Crippen LogP contribution in [-0.4, -0.2) is 29.8 Å². The van der Waals surface area contributed by atoms with Crippen molar-refractivity contribution in [1.82, 2.24) is 9.97 Å². The Morgan fingerprint density at radius 2 is 1.58 bits per heavy atom. The van der Waals surface area contributed by atoms with Crippen LogP contribution in [0, 0.1) is 6.92 Å². The van der Waals surface area contributed by atoms with Gasteiger partial charge >= 0.3 is 0 Å². The molecule has 0 spiro atoms. The highest BCUT2D eigenvalue weighted by Crippen LogP contribution is 2.38. The molecular formula is C32H28ClN5. The van der Waals surface area contributed by atoms with Crippen LogP contribution in [0.5, 0.6) is 0 Å². The molecule has 6 rings (SSSR count). The van der Waals surface area contributed by atoms with Gasteiger partial charge in [0, 0.05) is 42.2 Å². The Labute approximate surface area is 228 Å². The lowest BCUT2D eigenvalue weighted by Gasteiger charge is -2.23. The number of benzene rings is 4. The lowest BCUT2D eigenvalue weighted by Crippen LogP contribution is -2.21. The molecule has 0 radical (unpaired) electrons. The Balaban J connectivity index is 1.52. The molecule has 2 heterocycles. The van der Waals surface area contributed by atoms with Gasteiger partial charge < -0.3 is 4.90 Å². The first-order chi connectivity index (χ1) is 18.5. The Morgan fingerprint density at radius 3 is 2.32 bits per heavy atom. The van der Waals surface area contributed by atoms with Crippen molar-refractivity contribution in [2.24, 2.45) is 5.10 Å². The summed E-state index contributed by atoms with van der Waals surface area (Å²) in [6.07, 6.45) is 0.757. The first kappa shape index (κ1) is 24.1. The monoisotopic (exact) mass is 517 g/mol. The van der Waals surface area contributed by atoms with Crippen molar-refractivity contribution >= 4 is 39.9 Å². The van der Waals surface area contributed by atoms with Crippen molar-refractivity contribution < 1.29 is 0 Å². The molecule has 0 amide bonds. The van der Waals surface area contributed by atoms with Crippen LogP contribution >= 0.6 is 11.6 Å². The standard InChI is InChI=1S/C32H28ClN5/c1-21-8-7-11-24(18-21)29-20-30(22-12-15-26(16-13-22)37(2)3)38(36-29)32-34-28-17-14-25(33)19-27(28)31(35-32)23-9-5-4-6-10-23/h4-19,30H,20H2,1-3H3/t30-/m1/s1. The SMILES string of the molecule is Cc1cccc(C2=NN(c3nc(-c4ccccc4)c4cc(Cl)ccc4n3)[C@@H](c3ccc(N(C)C)cc3)C2)c1. The molecule has 188 valence electrons. The van der Waals surface area contributed by atoms with E-state index in [2.05, 4.69) is 86.6 Å². The van der Waals surface area contributed by atoms with E-state index in [1.165, 1.54) is 11.1 Å². The van der Waals surface area contributed by atoms with Crippen molar-refractivity contribution in [2.45, 2.75) is 19.4 Å². The number of fused-ring (bicyclic) bond motifs is 1. The third kappa shape index (κ3) is 4.61. The van der Waals surface area contributed by atoms with Crippen molar-refractivity contribution in [3.8, 4) is 11.3 Å². The van der Waals surface area contributed by atoms with E-state index in [9.17, 15) is 0 Å². The summed E-state index contributed by atoms with van der Waals surface area (Å²) >= 11 is 6.39. The maximum Gasteiger partial charge on any atom is 0.247 e. The molecule has 0 saturated heterocycles. The lowest BCUT2D eigenvalue weighted by atomic mass is 9.97. The topological polar surface area (TPSA) is 44.6 Å². The normalized spacial score (nSPS) is 15.1. The number of aromatic nitrogens is 2. The van der Waals surface area contributed by atoms with Gasteiger partial charge in [0.15, 0.2) is 0 Å². The average Bonchev–Trinajstić information content (AvgIpc) is 3.39. The van der Waals surface area contributed by atoms with Gasteiger partial charge in [-0.15, -0.1) is 0 Å². The van der Waals surface area contributed by atoms with Crippen LogP contribution in [-0.2, 0) is 0 Å². The fourth-order valence-corrected chi connectivity index (χ4v) is 5.13. The molecular weight excluding hydrogens is 490 g/mol. The van der Waals surface area contributed by atoms with Crippen LogP contribution in [0.25, 0.3) is 22.2 Å². The maximum atomic E-state index is 6.39. The Bertz CT molecular complexity index is 1640. The van der Waals surface area contributed by atoms with Gasteiger partial charge in [-0.2, -0.15) is 5.10 Å². The van der Waals surface area contributed by atoms with E-state index >= 15 is 0 Å². The van der Waals surface area contributed by atoms with Crippen LogP contribution in [0.1, 0.15) is 29.2 Å². The van der Waals surface area contributed by atoms with Crippen molar-refractivity contribution in [2.75, 3.05) is 24.0 Å². The molecule has 0 saturated carbocycles. The number of anilines is 2. The summed E-state index contributed by atoms with van der Waals surface area (Å²) in [4.78, 5) is 12.2. The van der Waals surface area contributed by atoms with Crippen molar-refractivity contribution in [1.29, 1.82) is 0 Å². The van der Waals surface area contributed by atoms with E-state index in [1.807, 2.05) is 41.4 Å². The number of nitrogens with zero attached hydrogens (tertiary/aromatic N) is 5. The smallest absolute Gasteiger partial charge is 0.247 e. The minimum atomic E-state index is -0.0323. The lowest BCUT2D eigenvalue weighted by molar-refractivity contribution is 0.689. The summed E-state index contributed by atoms with van der Waals surface area (Å²) in [5.74, 6) is 0.572. The fourth-order valence-electron chi connectivity index (χ4n) is 4.96. The zero-order valence-corrected chi connectivity index (χ0v) is 22.4. The molecule has 0 bridgehead atoms. The molecule has 38 heavy (non-hydrogen) atoms. The predicted octanol–water partition coefficient (Wildman–Crippen LogP) is 7.68. The van der Waals surface area contributed by atoms with Crippen LogP contribution in [0.15, 0.2) is 102 Å². The number of hydrogen-bond donors (Lipinski definition) is 0. The molecule has 4 aromatic carbocycles. The molecule has 1 aliphatic heterocycles. The van der Waals surface area contributed by atoms with E-state index in [0.29, 0.717) is 11.0 Å². The van der Waals surface area contributed by atoms with E-state index in [4.69, 9.17) is 26.7 Å².